The number of rotatable bonds is 5. The molecule has 2 unspecified atom stereocenters. The van der Waals surface area contributed by atoms with Crippen LogP contribution in [0.4, 0.5) is 0 Å². The van der Waals surface area contributed by atoms with E-state index in [1.54, 1.807) is 19.0 Å². The predicted molar refractivity (Wildman–Crippen MR) is 64.4 cm³/mol. The molecule has 1 rings (SSSR count). The van der Waals surface area contributed by atoms with Crippen molar-refractivity contribution in [2.24, 2.45) is 0 Å². The molecule has 0 aromatic heterocycles. The van der Waals surface area contributed by atoms with Gasteiger partial charge in [0.2, 0.25) is 0 Å². The zero-order valence-electron chi connectivity index (χ0n) is 10.7. The Balaban J connectivity index is 2.12. The number of ether oxygens (including phenoxy) is 1. The van der Waals surface area contributed by atoms with Crippen molar-refractivity contribution in [2.75, 3.05) is 27.2 Å². The van der Waals surface area contributed by atoms with Crippen molar-refractivity contribution >= 4 is 5.91 Å². The fraction of sp³-hybridized carbons (Fsp3) is 0.917. The highest BCUT2D eigenvalue weighted by Gasteiger charge is 2.17. The van der Waals surface area contributed by atoms with E-state index in [2.05, 4.69) is 5.32 Å². The first-order valence-electron chi connectivity index (χ1n) is 6.17. The van der Waals surface area contributed by atoms with Gasteiger partial charge in [-0.05, 0) is 32.7 Å². The summed E-state index contributed by atoms with van der Waals surface area (Å²) in [5, 5.41) is 3.47. The minimum atomic E-state index is -0.321. The lowest BCUT2D eigenvalue weighted by Crippen LogP contribution is -2.37. The quantitative estimate of drug-likeness (QED) is 0.763. The number of carbonyl (C=O) groups is 1. The van der Waals surface area contributed by atoms with E-state index in [1.165, 1.54) is 19.3 Å². The van der Waals surface area contributed by atoms with E-state index in [0.717, 1.165) is 13.0 Å². The number of hydrogen-bond acceptors (Lipinski definition) is 3. The van der Waals surface area contributed by atoms with E-state index < -0.39 is 0 Å². The molecule has 1 aliphatic rings. The van der Waals surface area contributed by atoms with Crippen LogP contribution in [0.15, 0.2) is 0 Å². The molecular formula is C12H24N2O2. The van der Waals surface area contributed by atoms with Crippen molar-refractivity contribution in [3.05, 3.63) is 0 Å². The Kier molecular flexibility index (Phi) is 5.77. The van der Waals surface area contributed by atoms with Gasteiger partial charge in [0, 0.05) is 26.7 Å². The van der Waals surface area contributed by atoms with E-state index in [0.29, 0.717) is 12.6 Å². The maximum Gasteiger partial charge on any atom is 0.250 e. The summed E-state index contributed by atoms with van der Waals surface area (Å²) >= 11 is 0. The van der Waals surface area contributed by atoms with Gasteiger partial charge in [0.05, 0.1) is 0 Å². The van der Waals surface area contributed by atoms with Crippen molar-refractivity contribution in [3.8, 4) is 0 Å². The number of carbonyl (C=O) groups excluding carboxylic acids is 1. The Morgan fingerprint density at radius 1 is 1.50 bits per heavy atom. The highest BCUT2D eigenvalue weighted by molar-refractivity contribution is 5.79. The van der Waals surface area contributed by atoms with E-state index >= 15 is 0 Å². The van der Waals surface area contributed by atoms with Gasteiger partial charge in [-0.15, -0.1) is 0 Å². The lowest BCUT2D eigenvalue weighted by atomic mass is 10.0. The van der Waals surface area contributed by atoms with Gasteiger partial charge in [-0.1, -0.05) is 6.42 Å². The van der Waals surface area contributed by atoms with Crippen LogP contribution in [0.5, 0.6) is 0 Å². The Bertz CT molecular complexity index is 213. The summed E-state index contributed by atoms with van der Waals surface area (Å²) in [4.78, 5) is 13.1. The van der Waals surface area contributed by atoms with Crippen LogP contribution in [-0.2, 0) is 9.53 Å². The smallest absolute Gasteiger partial charge is 0.250 e. The van der Waals surface area contributed by atoms with Crippen LogP contribution in [0.1, 0.15) is 32.6 Å². The largest absolute Gasteiger partial charge is 0.369 e. The average molecular weight is 228 g/mol. The Labute approximate surface area is 98.3 Å². The van der Waals surface area contributed by atoms with Gasteiger partial charge in [0.1, 0.15) is 6.10 Å². The Hall–Kier alpha value is -0.610. The van der Waals surface area contributed by atoms with E-state index in [9.17, 15) is 4.79 Å². The topological polar surface area (TPSA) is 41.6 Å². The van der Waals surface area contributed by atoms with Crippen LogP contribution in [0.2, 0.25) is 0 Å². The van der Waals surface area contributed by atoms with Crippen LogP contribution in [-0.4, -0.2) is 50.2 Å². The molecule has 4 heteroatoms. The van der Waals surface area contributed by atoms with Gasteiger partial charge in [-0.25, -0.2) is 0 Å². The number of piperidine rings is 1. The van der Waals surface area contributed by atoms with Crippen LogP contribution in [0.3, 0.4) is 0 Å². The van der Waals surface area contributed by atoms with Crippen LogP contribution in [0, 0.1) is 0 Å². The van der Waals surface area contributed by atoms with Crippen molar-refractivity contribution in [2.45, 2.75) is 44.8 Å². The highest BCUT2D eigenvalue weighted by Crippen LogP contribution is 2.10. The first-order valence-corrected chi connectivity index (χ1v) is 6.17. The number of amides is 1. The van der Waals surface area contributed by atoms with E-state index in [1.807, 2.05) is 6.92 Å². The number of nitrogens with zero attached hydrogens (tertiary/aromatic N) is 1. The molecule has 0 aromatic carbocycles. The van der Waals surface area contributed by atoms with Gasteiger partial charge in [-0.3, -0.25) is 4.79 Å². The van der Waals surface area contributed by atoms with E-state index in [-0.39, 0.29) is 12.0 Å². The molecule has 0 aliphatic carbocycles. The van der Waals surface area contributed by atoms with Gasteiger partial charge >= 0.3 is 0 Å². The molecule has 0 radical (unpaired) electrons. The van der Waals surface area contributed by atoms with Crippen molar-refractivity contribution in [1.29, 1.82) is 0 Å². The molecular weight excluding hydrogens is 204 g/mol. The summed E-state index contributed by atoms with van der Waals surface area (Å²) in [6.45, 7) is 3.60. The van der Waals surface area contributed by atoms with Crippen LogP contribution in [0.25, 0.3) is 0 Å². The molecule has 1 heterocycles. The monoisotopic (exact) mass is 228 g/mol. The minimum absolute atomic E-state index is 0.0385. The summed E-state index contributed by atoms with van der Waals surface area (Å²) in [7, 11) is 3.51. The zero-order valence-corrected chi connectivity index (χ0v) is 10.7. The summed E-state index contributed by atoms with van der Waals surface area (Å²) in [6, 6.07) is 0.579. The first-order chi connectivity index (χ1) is 7.61. The fourth-order valence-corrected chi connectivity index (χ4v) is 1.99. The molecule has 0 bridgehead atoms. The van der Waals surface area contributed by atoms with Gasteiger partial charge in [-0.2, -0.15) is 0 Å². The third-order valence-electron chi connectivity index (χ3n) is 3.04. The first kappa shape index (κ1) is 13.5. The molecule has 0 aromatic rings. The van der Waals surface area contributed by atoms with Crippen molar-refractivity contribution < 1.29 is 9.53 Å². The number of hydrogen-bond donors (Lipinski definition) is 1. The Morgan fingerprint density at radius 3 is 2.81 bits per heavy atom. The molecule has 2 atom stereocenters. The molecule has 0 saturated carbocycles. The lowest BCUT2D eigenvalue weighted by molar-refractivity contribution is -0.140. The van der Waals surface area contributed by atoms with E-state index in [4.69, 9.17) is 4.74 Å². The maximum atomic E-state index is 11.5. The van der Waals surface area contributed by atoms with Gasteiger partial charge in [0.15, 0.2) is 0 Å². The summed E-state index contributed by atoms with van der Waals surface area (Å²) in [5.41, 5.74) is 0. The molecule has 1 aliphatic heterocycles. The number of likely N-dealkylation sites (N-methyl/N-ethyl adjacent to an activating group) is 1. The molecule has 0 spiro atoms. The second kappa shape index (κ2) is 6.86. The molecule has 1 fully saturated rings. The zero-order chi connectivity index (χ0) is 12.0. The SMILES string of the molecule is CC(OCCC1CCCCN1)C(=O)N(C)C. The summed E-state index contributed by atoms with van der Waals surface area (Å²) in [5.74, 6) is 0.0385. The second-order valence-electron chi connectivity index (χ2n) is 4.68. The van der Waals surface area contributed by atoms with Crippen molar-refractivity contribution in [1.82, 2.24) is 10.2 Å². The molecule has 16 heavy (non-hydrogen) atoms. The average Bonchev–Trinajstić information content (AvgIpc) is 2.29. The summed E-state index contributed by atoms with van der Waals surface area (Å²) < 4.78 is 5.54. The van der Waals surface area contributed by atoms with Crippen LogP contribution >= 0.6 is 0 Å². The fourth-order valence-electron chi connectivity index (χ4n) is 1.99. The maximum absolute atomic E-state index is 11.5. The molecule has 1 amide bonds. The standard InChI is InChI=1S/C12H24N2O2/c1-10(12(15)14(2)3)16-9-7-11-6-4-5-8-13-11/h10-11,13H,4-9H2,1-3H3. The Morgan fingerprint density at radius 2 is 2.25 bits per heavy atom. The third-order valence-corrected chi connectivity index (χ3v) is 3.04. The third kappa shape index (κ3) is 4.49. The molecule has 4 nitrogen and oxygen atoms in total. The molecule has 1 N–H and O–H groups in total. The van der Waals surface area contributed by atoms with Gasteiger partial charge < -0.3 is 15.0 Å². The summed E-state index contributed by atoms with van der Waals surface area (Å²) in [6.07, 6.45) is 4.51. The van der Waals surface area contributed by atoms with Gasteiger partial charge in [0.25, 0.3) is 5.91 Å². The molecule has 1 saturated heterocycles. The number of nitrogens with one attached hydrogen (secondary N) is 1. The normalized spacial score (nSPS) is 22.8. The predicted octanol–water partition coefficient (Wildman–Crippen LogP) is 1.01. The molecule has 94 valence electrons. The second-order valence-corrected chi connectivity index (χ2v) is 4.68. The minimum Gasteiger partial charge on any atom is -0.369 e. The van der Waals surface area contributed by atoms with Crippen molar-refractivity contribution in [3.63, 3.8) is 0 Å². The highest BCUT2D eigenvalue weighted by atomic mass is 16.5. The van der Waals surface area contributed by atoms with Crippen LogP contribution < -0.4 is 5.32 Å². The lowest BCUT2D eigenvalue weighted by Gasteiger charge is -2.24.